The maximum absolute atomic E-state index is 13.3. The molecule has 0 saturated carbocycles. The van der Waals surface area contributed by atoms with Crippen LogP contribution >= 0.6 is 0 Å². The van der Waals surface area contributed by atoms with E-state index in [1.165, 1.54) is 4.90 Å². The molecule has 3 heterocycles. The minimum atomic E-state index is -1.25. The maximum Gasteiger partial charge on any atom is 0.325 e. The van der Waals surface area contributed by atoms with Gasteiger partial charge in [-0.15, -0.1) is 0 Å². The number of pyridine rings is 1. The number of amides is 4. The molecule has 0 aliphatic carbocycles. The number of imide groups is 1. The number of aryl methyl sites for hydroxylation is 1. The van der Waals surface area contributed by atoms with Gasteiger partial charge in [0, 0.05) is 6.20 Å². The predicted octanol–water partition coefficient (Wildman–Crippen LogP) is 2.74. The zero-order valence-corrected chi connectivity index (χ0v) is 17.8. The fourth-order valence-corrected chi connectivity index (χ4v) is 4.22. The molecule has 162 valence electrons. The first-order valence-corrected chi connectivity index (χ1v) is 10.4. The zero-order valence-electron chi connectivity index (χ0n) is 17.8. The van der Waals surface area contributed by atoms with Crippen LogP contribution in [0.4, 0.5) is 10.5 Å². The number of ether oxygens (including phenoxy) is 1. The Bertz CT molecular complexity index is 1270. The quantitative estimate of drug-likeness (QED) is 0.645. The van der Waals surface area contributed by atoms with E-state index in [4.69, 9.17) is 4.74 Å². The molecule has 1 saturated heterocycles. The van der Waals surface area contributed by atoms with Crippen LogP contribution < -0.4 is 15.0 Å². The zero-order chi connectivity index (χ0) is 22.5. The molecule has 1 N–H and O–H groups in total. The number of urea groups is 1. The monoisotopic (exact) mass is 430 g/mol. The van der Waals surface area contributed by atoms with Crippen LogP contribution in [0.25, 0.3) is 10.8 Å². The lowest BCUT2D eigenvalue weighted by molar-refractivity contribution is -0.134. The molecule has 0 spiro atoms. The lowest BCUT2D eigenvalue weighted by atomic mass is 9.90. The fourth-order valence-electron chi connectivity index (χ4n) is 4.22. The molecule has 2 aliphatic rings. The molecule has 32 heavy (non-hydrogen) atoms. The summed E-state index contributed by atoms with van der Waals surface area (Å²) in [6.45, 7) is 3.80. The van der Waals surface area contributed by atoms with Crippen LogP contribution in [-0.2, 0) is 15.1 Å². The van der Waals surface area contributed by atoms with Crippen LogP contribution in [0.5, 0.6) is 5.88 Å². The van der Waals surface area contributed by atoms with Crippen LogP contribution in [0, 0.1) is 6.92 Å². The number of carbonyl (C=O) groups excluding carboxylic acids is 3. The SMILES string of the molecule is Cc1cnc2c(c1)N(C(=O)CN1C(=O)N[C@](C)(c3ccc4ccccc4c3)C1=O)CCO2. The van der Waals surface area contributed by atoms with E-state index in [2.05, 4.69) is 10.3 Å². The van der Waals surface area contributed by atoms with Gasteiger partial charge in [0.05, 0.1) is 6.54 Å². The first-order chi connectivity index (χ1) is 15.4. The molecule has 1 fully saturated rings. The van der Waals surface area contributed by atoms with Crippen molar-refractivity contribution in [2.45, 2.75) is 19.4 Å². The number of fused-ring (bicyclic) bond motifs is 2. The Labute approximate surface area is 184 Å². The lowest BCUT2D eigenvalue weighted by Crippen LogP contribution is -2.47. The van der Waals surface area contributed by atoms with Crippen LogP contribution in [-0.4, -0.2) is 47.4 Å². The van der Waals surface area contributed by atoms with E-state index in [9.17, 15) is 14.4 Å². The molecular formula is C24H22N4O4. The van der Waals surface area contributed by atoms with E-state index in [0.29, 0.717) is 30.3 Å². The van der Waals surface area contributed by atoms with Crippen molar-refractivity contribution in [1.29, 1.82) is 0 Å². The average molecular weight is 430 g/mol. The summed E-state index contributed by atoms with van der Waals surface area (Å²) in [5, 5.41) is 4.79. The summed E-state index contributed by atoms with van der Waals surface area (Å²) in [7, 11) is 0. The molecule has 0 unspecified atom stereocenters. The van der Waals surface area contributed by atoms with Gasteiger partial charge in [0.25, 0.3) is 5.91 Å². The molecule has 1 atom stereocenters. The minimum Gasteiger partial charge on any atom is -0.474 e. The van der Waals surface area contributed by atoms with Gasteiger partial charge < -0.3 is 15.0 Å². The first-order valence-electron chi connectivity index (χ1n) is 10.4. The Morgan fingerprint density at radius 3 is 2.75 bits per heavy atom. The van der Waals surface area contributed by atoms with Crippen molar-refractivity contribution < 1.29 is 19.1 Å². The second-order valence-electron chi connectivity index (χ2n) is 8.24. The van der Waals surface area contributed by atoms with Crippen LogP contribution in [0.2, 0.25) is 0 Å². The number of benzene rings is 2. The summed E-state index contributed by atoms with van der Waals surface area (Å²) < 4.78 is 5.53. The third-order valence-electron chi connectivity index (χ3n) is 6.01. The van der Waals surface area contributed by atoms with E-state index in [0.717, 1.165) is 21.2 Å². The molecule has 0 bridgehead atoms. The number of nitrogens with one attached hydrogen (secondary N) is 1. The molecule has 4 amide bonds. The highest BCUT2D eigenvalue weighted by Crippen LogP contribution is 2.33. The molecule has 2 aliphatic heterocycles. The van der Waals surface area contributed by atoms with Crippen LogP contribution in [0.1, 0.15) is 18.1 Å². The highest BCUT2D eigenvalue weighted by Gasteiger charge is 2.50. The number of anilines is 1. The van der Waals surface area contributed by atoms with Gasteiger partial charge in [-0.1, -0.05) is 36.4 Å². The summed E-state index contributed by atoms with van der Waals surface area (Å²) in [5.41, 5.74) is 0.847. The normalized spacial score (nSPS) is 20.2. The number of carbonyl (C=O) groups is 3. The van der Waals surface area contributed by atoms with Gasteiger partial charge in [-0.3, -0.25) is 14.5 Å². The predicted molar refractivity (Wildman–Crippen MR) is 118 cm³/mol. The number of rotatable bonds is 3. The van der Waals surface area contributed by atoms with Crippen LogP contribution in [0.15, 0.2) is 54.7 Å². The van der Waals surface area contributed by atoms with Gasteiger partial charge in [-0.25, -0.2) is 9.78 Å². The molecule has 8 heteroatoms. The highest BCUT2D eigenvalue weighted by atomic mass is 16.5. The van der Waals surface area contributed by atoms with Gasteiger partial charge in [-0.05, 0) is 47.9 Å². The van der Waals surface area contributed by atoms with Crippen LogP contribution in [0.3, 0.4) is 0 Å². The Kier molecular flexibility index (Phi) is 4.58. The van der Waals surface area contributed by atoms with E-state index < -0.39 is 17.5 Å². The molecule has 3 aromatic rings. The summed E-state index contributed by atoms with van der Waals surface area (Å²) >= 11 is 0. The molecule has 1 aromatic heterocycles. The number of aromatic nitrogens is 1. The molecule has 5 rings (SSSR count). The van der Waals surface area contributed by atoms with E-state index in [-0.39, 0.29) is 12.5 Å². The summed E-state index contributed by atoms with van der Waals surface area (Å²) in [6.07, 6.45) is 1.67. The average Bonchev–Trinajstić information content (AvgIpc) is 3.02. The highest BCUT2D eigenvalue weighted by molar-refractivity contribution is 6.11. The third-order valence-corrected chi connectivity index (χ3v) is 6.01. The topological polar surface area (TPSA) is 91.8 Å². The van der Waals surface area contributed by atoms with E-state index >= 15 is 0 Å². The third kappa shape index (κ3) is 3.15. The maximum atomic E-state index is 13.3. The largest absolute Gasteiger partial charge is 0.474 e. The smallest absolute Gasteiger partial charge is 0.325 e. The Morgan fingerprint density at radius 2 is 1.94 bits per heavy atom. The fraction of sp³-hybridized carbons (Fsp3) is 0.250. The van der Waals surface area contributed by atoms with Crippen molar-refractivity contribution in [1.82, 2.24) is 15.2 Å². The summed E-state index contributed by atoms with van der Waals surface area (Å²) in [6, 6.07) is 14.7. The van der Waals surface area contributed by atoms with Gasteiger partial charge in [0.15, 0.2) is 0 Å². The second-order valence-corrected chi connectivity index (χ2v) is 8.24. The van der Waals surface area contributed by atoms with Gasteiger partial charge in [-0.2, -0.15) is 0 Å². The lowest BCUT2D eigenvalue weighted by Gasteiger charge is -2.30. The number of nitrogens with zero attached hydrogens (tertiary/aromatic N) is 3. The van der Waals surface area contributed by atoms with Crippen molar-refractivity contribution in [3.8, 4) is 5.88 Å². The van der Waals surface area contributed by atoms with Gasteiger partial charge in [0.2, 0.25) is 11.8 Å². The van der Waals surface area contributed by atoms with Crippen molar-refractivity contribution in [2.75, 3.05) is 24.6 Å². The second kappa shape index (κ2) is 7.33. The standard InChI is InChI=1S/C24H22N4O4/c1-15-11-19-21(25-13-15)32-10-9-27(19)20(29)14-28-22(30)24(2,26-23(28)31)18-8-7-16-5-3-4-6-17(16)12-18/h3-8,11-13H,9-10,14H2,1-2H3,(H,26,31)/t24-/m1/s1. The summed E-state index contributed by atoms with van der Waals surface area (Å²) in [4.78, 5) is 45.9. The number of hydrogen-bond donors (Lipinski definition) is 1. The minimum absolute atomic E-state index is 0.295. The van der Waals surface area contributed by atoms with Crippen molar-refractivity contribution in [3.05, 3.63) is 65.9 Å². The Morgan fingerprint density at radius 1 is 1.16 bits per heavy atom. The van der Waals surface area contributed by atoms with E-state index in [1.807, 2.05) is 55.5 Å². The molecule has 8 nitrogen and oxygen atoms in total. The van der Waals surface area contributed by atoms with Gasteiger partial charge in [0.1, 0.15) is 24.4 Å². The molecular weight excluding hydrogens is 408 g/mol. The number of hydrogen-bond acceptors (Lipinski definition) is 5. The Balaban J connectivity index is 1.41. The summed E-state index contributed by atoms with van der Waals surface area (Å²) in [5.74, 6) is -0.455. The van der Waals surface area contributed by atoms with Crippen molar-refractivity contribution >= 4 is 34.3 Å². The van der Waals surface area contributed by atoms with Crippen molar-refractivity contribution in [2.24, 2.45) is 0 Å². The van der Waals surface area contributed by atoms with Gasteiger partial charge >= 0.3 is 6.03 Å². The van der Waals surface area contributed by atoms with Crippen molar-refractivity contribution in [3.63, 3.8) is 0 Å². The Hall–Kier alpha value is -3.94. The molecule has 0 radical (unpaired) electrons. The van der Waals surface area contributed by atoms with E-state index in [1.54, 1.807) is 13.1 Å². The molecule has 2 aromatic carbocycles. The first kappa shape index (κ1) is 20.0.